The van der Waals surface area contributed by atoms with E-state index < -0.39 is 66.3 Å². The molecule has 1 fully saturated rings. The molecule has 1 saturated heterocycles. The molecular formula is C26H37NO9. The van der Waals surface area contributed by atoms with Crippen LogP contribution in [0.5, 0.6) is 0 Å². The van der Waals surface area contributed by atoms with E-state index in [1.807, 2.05) is 30.3 Å². The van der Waals surface area contributed by atoms with Crippen molar-refractivity contribution in [1.29, 1.82) is 0 Å². The highest BCUT2D eigenvalue weighted by molar-refractivity contribution is 5.83. The lowest BCUT2D eigenvalue weighted by Crippen LogP contribution is -2.48. The number of rotatable bonds is 8. The molecular weight excluding hydrogens is 470 g/mol. The third kappa shape index (κ3) is 9.49. The van der Waals surface area contributed by atoms with Crippen molar-refractivity contribution in [3.63, 3.8) is 0 Å². The first kappa shape index (κ1) is 29.1. The van der Waals surface area contributed by atoms with Crippen LogP contribution in [-0.4, -0.2) is 61.1 Å². The molecule has 1 heterocycles. The second kappa shape index (κ2) is 13.2. The van der Waals surface area contributed by atoms with Crippen LogP contribution in [-0.2, 0) is 44.7 Å². The van der Waals surface area contributed by atoms with Crippen LogP contribution < -0.4 is 5.32 Å². The standard InChI is InChI=1S/C26H37NO9/c1-16(2)22(28)35-21-17(3)34-24(30)20(27-25(31)36-26(4,5)6)15-33-23(29)19(21)12-13-32-14-18-10-8-7-9-11-18/h7-11,16-17,19-21H,12-15H2,1-6H3,(H,27,31)/t17-,19+,20-,21-/m0/s1. The molecule has 0 bridgehead atoms. The first-order valence-corrected chi connectivity index (χ1v) is 12.1. The summed E-state index contributed by atoms with van der Waals surface area (Å²) in [6, 6.07) is 8.24. The zero-order chi connectivity index (χ0) is 26.9. The number of ether oxygens (including phenoxy) is 5. The zero-order valence-electron chi connectivity index (χ0n) is 21.8. The van der Waals surface area contributed by atoms with Gasteiger partial charge in [-0.05, 0) is 39.7 Å². The Bertz CT molecular complexity index is 894. The maximum atomic E-state index is 13.1. The number of amides is 1. The van der Waals surface area contributed by atoms with Gasteiger partial charge >= 0.3 is 24.0 Å². The number of esters is 3. The van der Waals surface area contributed by atoms with Gasteiger partial charge in [0.05, 0.1) is 18.4 Å². The lowest BCUT2D eigenvalue weighted by molar-refractivity contribution is -0.177. The van der Waals surface area contributed by atoms with Gasteiger partial charge in [-0.1, -0.05) is 44.2 Å². The van der Waals surface area contributed by atoms with E-state index in [2.05, 4.69) is 5.32 Å². The average molecular weight is 508 g/mol. The van der Waals surface area contributed by atoms with Crippen molar-refractivity contribution in [2.24, 2.45) is 11.8 Å². The molecule has 1 amide bonds. The molecule has 10 nitrogen and oxygen atoms in total. The van der Waals surface area contributed by atoms with Gasteiger partial charge in [0.1, 0.15) is 18.3 Å². The Hall–Kier alpha value is -3.14. The van der Waals surface area contributed by atoms with Crippen LogP contribution in [0.1, 0.15) is 53.5 Å². The molecule has 200 valence electrons. The van der Waals surface area contributed by atoms with Gasteiger partial charge in [-0.3, -0.25) is 9.59 Å². The molecule has 1 N–H and O–H groups in total. The average Bonchev–Trinajstić information content (AvgIpc) is 2.82. The number of hydrogen-bond acceptors (Lipinski definition) is 9. The fourth-order valence-electron chi connectivity index (χ4n) is 3.39. The number of cyclic esters (lactones) is 2. The Balaban J connectivity index is 2.16. The SMILES string of the molecule is CC(C)C(=O)O[C@H]1[C@H](C)OC(=O)[C@@H](NC(=O)OC(C)(C)C)COC(=O)[C@@H]1CCOCc1ccccc1. The van der Waals surface area contributed by atoms with Crippen LogP contribution in [0.2, 0.25) is 0 Å². The molecule has 1 aromatic carbocycles. The van der Waals surface area contributed by atoms with Crippen LogP contribution in [0, 0.1) is 11.8 Å². The minimum Gasteiger partial charge on any atom is -0.463 e. The Morgan fingerprint density at radius 2 is 1.78 bits per heavy atom. The van der Waals surface area contributed by atoms with Crippen LogP contribution in [0.3, 0.4) is 0 Å². The minimum atomic E-state index is -1.29. The number of carbonyl (C=O) groups is 4. The van der Waals surface area contributed by atoms with Gasteiger partial charge in [-0.2, -0.15) is 0 Å². The first-order chi connectivity index (χ1) is 16.9. The molecule has 36 heavy (non-hydrogen) atoms. The topological polar surface area (TPSA) is 126 Å². The third-order valence-corrected chi connectivity index (χ3v) is 5.24. The molecule has 0 spiro atoms. The van der Waals surface area contributed by atoms with Crippen molar-refractivity contribution in [3.8, 4) is 0 Å². The number of alkyl carbamates (subject to hydrolysis) is 1. The van der Waals surface area contributed by atoms with E-state index in [1.165, 1.54) is 6.92 Å². The highest BCUT2D eigenvalue weighted by atomic mass is 16.6. The fraction of sp³-hybridized carbons (Fsp3) is 0.615. The van der Waals surface area contributed by atoms with Crippen LogP contribution in [0.15, 0.2) is 30.3 Å². The Kier molecular flexibility index (Phi) is 10.7. The van der Waals surface area contributed by atoms with Gasteiger partial charge in [-0.25, -0.2) is 9.59 Å². The number of nitrogens with one attached hydrogen (secondary N) is 1. The van der Waals surface area contributed by atoms with Crippen molar-refractivity contribution in [2.75, 3.05) is 13.2 Å². The Morgan fingerprint density at radius 3 is 2.39 bits per heavy atom. The molecule has 2 rings (SSSR count). The summed E-state index contributed by atoms with van der Waals surface area (Å²) in [6.07, 6.45) is -2.79. The first-order valence-electron chi connectivity index (χ1n) is 12.1. The largest absolute Gasteiger partial charge is 0.463 e. The molecule has 4 atom stereocenters. The Morgan fingerprint density at radius 1 is 1.11 bits per heavy atom. The highest BCUT2D eigenvalue weighted by Gasteiger charge is 2.42. The van der Waals surface area contributed by atoms with E-state index in [0.29, 0.717) is 6.61 Å². The molecule has 1 aromatic rings. The van der Waals surface area contributed by atoms with Crippen molar-refractivity contribution >= 4 is 24.0 Å². The quantitative estimate of drug-likeness (QED) is 0.321. The molecule has 0 radical (unpaired) electrons. The summed E-state index contributed by atoms with van der Waals surface area (Å²) in [4.78, 5) is 50.5. The zero-order valence-corrected chi connectivity index (χ0v) is 21.8. The van der Waals surface area contributed by atoms with Gasteiger partial charge in [-0.15, -0.1) is 0 Å². The molecule has 1 aliphatic heterocycles. The van der Waals surface area contributed by atoms with E-state index in [-0.39, 0.29) is 13.0 Å². The van der Waals surface area contributed by atoms with E-state index in [1.54, 1.807) is 34.6 Å². The van der Waals surface area contributed by atoms with Crippen molar-refractivity contribution in [2.45, 2.75) is 78.4 Å². The predicted octanol–water partition coefficient (Wildman–Crippen LogP) is 3.16. The van der Waals surface area contributed by atoms with E-state index >= 15 is 0 Å². The summed E-state index contributed by atoms with van der Waals surface area (Å²) < 4.78 is 27.4. The van der Waals surface area contributed by atoms with Crippen molar-refractivity contribution in [1.82, 2.24) is 5.32 Å². The Labute approximate surface area is 211 Å². The minimum absolute atomic E-state index is 0.160. The highest BCUT2D eigenvalue weighted by Crippen LogP contribution is 2.24. The summed E-state index contributed by atoms with van der Waals surface area (Å²) in [5.74, 6) is -3.50. The third-order valence-electron chi connectivity index (χ3n) is 5.24. The number of hydrogen-bond donors (Lipinski definition) is 1. The van der Waals surface area contributed by atoms with Crippen LogP contribution in [0.4, 0.5) is 4.79 Å². The van der Waals surface area contributed by atoms with E-state index in [0.717, 1.165) is 5.56 Å². The summed E-state index contributed by atoms with van der Waals surface area (Å²) >= 11 is 0. The maximum Gasteiger partial charge on any atom is 0.408 e. The monoisotopic (exact) mass is 507 g/mol. The molecule has 1 aliphatic rings. The molecule has 0 aromatic heterocycles. The van der Waals surface area contributed by atoms with E-state index in [9.17, 15) is 19.2 Å². The number of benzene rings is 1. The summed E-state index contributed by atoms with van der Waals surface area (Å²) in [5, 5.41) is 2.38. The fourth-order valence-corrected chi connectivity index (χ4v) is 3.39. The number of carbonyl (C=O) groups excluding carboxylic acids is 4. The van der Waals surface area contributed by atoms with Crippen LogP contribution in [0.25, 0.3) is 0 Å². The maximum absolute atomic E-state index is 13.1. The molecule has 0 unspecified atom stereocenters. The smallest absolute Gasteiger partial charge is 0.408 e. The summed E-state index contributed by atoms with van der Waals surface area (Å²) in [5.41, 5.74) is 0.174. The lowest BCUT2D eigenvalue weighted by atomic mass is 9.94. The second-order valence-electron chi connectivity index (χ2n) is 9.96. The molecule has 0 aliphatic carbocycles. The van der Waals surface area contributed by atoms with E-state index in [4.69, 9.17) is 23.7 Å². The van der Waals surface area contributed by atoms with Gasteiger partial charge in [0, 0.05) is 6.61 Å². The summed E-state index contributed by atoms with van der Waals surface area (Å²) in [7, 11) is 0. The summed E-state index contributed by atoms with van der Waals surface area (Å²) in [6.45, 7) is 9.91. The van der Waals surface area contributed by atoms with Crippen LogP contribution >= 0.6 is 0 Å². The van der Waals surface area contributed by atoms with Gasteiger partial charge in [0.25, 0.3) is 0 Å². The van der Waals surface area contributed by atoms with Gasteiger partial charge < -0.3 is 29.0 Å². The van der Waals surface area contributed by atoms with Crippen molar-refractivity contribution < 1.29 is 42.9 Å². The second-order valence-corrected chi connectivity index (χ2v) is 9.96. The lowest BCUT2D eigenvalue weighted by Gasteiger charge is -2.29. The molecule has 0 saturated carbocycles. The van der Waals surface area contributed by atoms with Gasteiger partial charge in [0.15, 0.2) is 12.1 Å². The normalized spacial score (nSPS) is 23.0. The van der Waals surface area contributed by atoms with Gasteiger partial charge in [0.2, 0.25) is 0 Å². The predicted molar refractivity (Wildman–Crippen MR) is 129 cm³/mol. The van der Waals surface area contributed by atoms with Crippen molar-refractivity contribution in [3.05, 3.63) is 35.9 Å². The molecule has 10 heteroatoms.